The highest BCUT2D eigenvalue weighted by Crippen LogP contribution is 2.43. The lowest BCUT2D eigenvalue weighted by Gasteiger charge is -2.44. The summed E-state index contributed by atoms with van der Waals surface area (Å²) in [7, 11) is 1.43. The van der Waals surface area contributed by atoms with Crippen molar-refractivity contribution < 1.29 is 28.2 Å². The average molecular weight is 500 g/mol. The first-order valence-corrected chi connectivity index (χ1v) is 12.3. The van der Waals surface area contributed by atoms with Gasteiger partial charge in [0.25, 0.3) is 17.7 Å². The number of halogens is 1. The Morgan fingerprint density at radius 1 is 1.25 bits per heavy atom. The molecule has 1 fully saturated rings. The number of carbonyl (C=O) groups is 3. The van der Waals surface area contributed by atoms with E-state index in [1.807, 2.05) is 18.7 Å². The molecular formula is C25H30FN5O5. The second-order valence-electron chi connectivity index (χ2n) is 9.38. The van der Waals surface area contributed by atoms with Crippen LogP contribution in [0.1, 0.15) is 32.3 Å². The van der Waals surface area contributed by atoms with Gasteiger partial charge in [-0.1, -0.05) is 6.07 Å². The number of nitrogens with zero attached hydrogens (tertiary/aromatic N) is 4. The molecule has 0 saturated carbocycles. The Hall–Kier alpha value is -3.63. The molecule has 3 amide bonds. The van der Waals surface area contributed by atoms with Gasteiger partial charge in [-0.2, -0.15) is 5.10 Å². The van der Waals surface area contributed by atoms with Crippen LogP contribution in [-0.4, -0.2) is 83.7 Å². The minimum absolute atomic E-state index is 0.0225. The lowest BCUT2D eigenvalue weighted by molar-refractivity contribution is -0.139. The average Bonchev–Trinajstić information content (AvgIpc) is 3.22. The molecule has 4 heterocycles. The fourth-order valence-corrected chi connectivity index (χ4v) is 5.45. The van der Waals surface area contributed by atoms with Crippen LogP contribution >= 0.6 is 0 Å². The highest BCUT2D eigenvalue weighted by molar-refractivity contribution is 6.42. The molecule has 36 heavy (non-hydrogen) atoms. The molecule has 1 N–H and O–H groups in total. The minimum Gasteiger partial charge on any atom is -0.498 e. The summed E-state index contributed by atoms with van der Waals surface area (Å²) in [5.74, 6) is -1.82. The van der Waals surface area contributed by atoms with Crippen LogP contribution in [0.25, 0.3) is 0 Å². The lowest BCUT2D eigenvalue weighted by Crippen LogP contribution is -2.61. The van der Waals surface area contributed by atoms with Crippen LogP contribution < -0.4 is 10.1 Å². The molecule has 1 saturated heterocycles. The Morgan fingerprint density at radius 3 is 2.81 bits per heavy atom. The molecule has 2 bridgehead atoms. The van der Waals surface area contributed by atoms with Crippen LogP contribution in [0.2, 0.25) is 0 Å². The fraction of sp³-hybridized carbons (Fsp3) is 0.520. The topological polar surface area (TPSA) is 104 Å². The molecule has 5 rings (SSSR count). The van der Waals surface area contributed by atoms with E-state index in [2.05, 4.69) is 10.4 Å². The van der Waals surface area contributed by atoms with E-state index < -0.39 is 29.6 Å². The summed E-state index contributed by atoms with van der Waals surface area (Å²) in [6.07, 6.45) is 1.30. The highest BCUT2D eigenvalue weighted by Gasteiger charge is 2.58. The standard InChI is InChI=1S/C25H30FN5O5/c1-4-29-12-14(2)31-20-18(22(35-3)21(31)25(29)34)24(33)30-13-15-7-8-16(26)11-17(15)36-10-6-5-9-27-23(32)19(20)28-30/h7-8,11,14,18,20H,4-6,9-10,12-13H2,1-3H3,(H,27,32)/t14-,18?,20?/m0/s1. The third kappa shape index (κ3) is 3.86. The molecule has 4 aliphatic heterocycles. The fourth-order valence-electron chi connectivity index (χ4n) is 5.45. The molecule has 192 valence electrons. The lowest BCUT2D eigenvalue weighted by atomic mass is 9.91. The van der Waals surface area contributed by atoms with Gasteiger partial charge >= 0.3 is 0 Å². The normalized spacial score (nSPS) is 26.6. The van der Waals surface area contributed by atoms with E-state index in [4.69, 9.17) is 9.47 Å². The van der Waals surface area contributed by atoms with Crippen molar-refractivity contribution in [1.82, 2.24) is 20.1 Å². The molecule has 0 radical (unpaired) electrons. The van der Waals surface area contributed by atoms with E-state index in [-0.39, 0.29) is 30.0 Å². The van der Waals surface area contributed by atoms with E-state index in [0.29, 0.717) is 56.1 Å². The van der Waals surface area contributed by atoms with E-state index in [1.54, 1.807) is 11.0 Å². The van der Waals surface area contributed by atoms with Gasteiger partial charge in [0.15, 0.2) is 0 Å². The molecule has 1 aromatic rings. The van der Waals surface area contributed by atoms with Gasteiger partial charge in [0.2, 0.25) is 0 Å². The van der Waals surface area contributed by atoms with Crippen LogP contribution in [0.5, 0.6) is 5.75 Å². The Bertz CT molecular complexity index is 1170. The number of hydrogen-bond acceptors (Lipinski definition) is 7. The number of ether oxygens (including phenoxy) is 2. The summed E-state index contributed by atoms with van der Waals surface area (Å²) in [4.78, 5) is 44.2. The van der Waals surface area contributed by atoms with Gasteiger partial charge in [-0.05, 0) is 32.8 Å². The van der Waals surface area contributed by atoms with Gasteiger partial charge in [0.1, 0.15) is 34.7 Å². The van der Waals surface area contributed by atoms with Gasteiger partial charge in [-0.15, -0.1) is 0 Å². The number of piperazine rings is 1. The smallest absolute Gasteiger partial charge is 0.273 e. The summed E-state index contributed by atoms with van der Waals surface area (Å²) in [6, 6.07) is 3.22. The third-order valence-corrected chi connectivity index (χ3v) is 7.17. The largest absolute Gasteiger partial charge is 0.498 e. The summed E-state index contributed by atoms with van der Waals surface area (Å²) in [5.41, 5.74) is 1.02. The van der Waals surface area contributed by atoms with Crippen molar-refractivity contribution in [1.29, 1.82) is 0 Å². The van der Waals surface area contributed by atoms with Crippen LogP contribution in [0.3, 0.4) is 0 Å². The summed E-state index contributed by atoms with van der Waals surface area (Å²) in [6.45, 7) is 5.55. The minimum atomic E-state index is -0.915. The number of rotatable bonds is 2. The number of hydrazone groups is 1. The van der Waals surface area contributed by atoms with E-state index >= 15 is 0 Å². The number of fused-ring (bicyclic) bond motifs is 6. The van der Waals surface area contributed by atoms with Crippen LogP contribution in [0.15, 0.2) is 34.8 Å². The molecule has 0 spiro atoms. The van der Waals surface area contributed by atoms with Crippen molar-refractivity contribution >= 4 is 23.4 Å². The van der Waals surface area contributed by atoms with Gasteiger partial charge in [0, 0.05) is 37.3 Å². The molecule has 4 aliphatic rings. The van der Waals surface area contributed by atoms with E-state index in [1.165, 1.54) is 24.3 Å². The van der Waals surface area contributed by atoms with Gasteiger partial charge in [-0.3, -0.25) is 14.4 Å². The van der Waals surface area contributed by atoms with E-state index in [0.717, 1.165) is 0 Å². The first-order chi connectivity index (χ1) is 17.3. The number of benzene rings is 1. The Balaban J connectivity index is 1.63. The third-order valence-electron chi connectivity index (χ3n) is 7.17. The molecule has 1 aromatic carbocycles. The molecule has 0 aromatic heterocycles. The summed E-state index contributed by atoms with van der Waals surface area (Å²) in [5, 5.41) is 8.63. The molecule has 0 aliphatic carbocycles. The predicted molar refractivity (Wildman–Crippen MR) is 127 cm³/mol. The van der Waals surface area contributed by atoms with Crippen LogP contribution in [0, 0.1) is 11.7 Å². The Morgan fingerprint density at radius 2 is 2.06 bits per heavy atom. The SMILES string of the molecule is CCN1C[C@H](C)N2C(=C(OC)C3C(=O)N4Cc5ccc(F)cc5OCCCCNC(=O)C(=N4)C32)C1=O. The van der Waals surface area contributed by atoms with Crippen molar-refractivity contribution in [3.05, 3.63) is 41.0 Å². The predicted octanol–water partition coefficient (Wildman–Crippen LogP) is 1.22. The zero-order valence-corrected chi connectivity index (χ0v) is 20.6. The number of amides is 3. The van der Waals surface area contributed by atoms with Gasteiger partial charge in [-0.25, -0.2) is 9.40 Å². The maximum atomic E-state index is 14.0. The van der Waals surface area contributed by atoms with Crippen molar-refractivity contribution in [3.63, 3.8) is 0 Å². The number of likely N-dealkylation sites (N-methyl/N-ethyl adjacent to an activating group) is 1. The van der Waals surface area contributed by atoms with Crippen molar-refractivity contribution in [3.8, 4) is 5.75 Å². The quantitative estimate of drug-likeness (QED) is 0.657. The van der Waals surface area contributed by atoms with Crippen LogP contribution in [0.4, 0.5) is 4.39 Å². The Labute approximate surface area is 208 Å². The summed E-state index contributed by atoms with van der Waals surface area (Å²) < 4.78 is 25.5. The molecule has 10 nitrogen and oxygen atoms in total. The second-order valence-corrected chi connectivity index (χ2v) is 9.38. The highest BCUT2D eigenvalue weighted by atomic mass is 19.1. The Kier molecular flexibility index (Phi) is 6.31. The maximum Gasteiger partial charge on any atom is 0.273 e. The number of carbonyl (C=O) groups excluding carboxylic acids is 3. The van der Waals surface area contributed by atoms with Crippen molar-refractivity contribution in [2.45, 2.75) is 45.3 Å². The molecule has 3 atom stereocenters. The number of nitrogens with one attached hydrogen (secondary N) is 1. The molecule has 2 unspecified atom stereocenters. The van der Waals surface area contributed by atoms with Crippen molar-refractivity contribution in [2.24, 2.45) is 11.0 Å². The van der Waals surface area contributed by atoms with Crippen molar-refractivity contribution in [2.75, 3.05) is 33.4 Å². The molecular weight excluding hydrogens is 469 g/mol. The van der Waals surface area contributed by atoms with Gasteiger partial charge < -0.3 is 24.6 Å². The van der Waals surface area contributed by atoms with Crippen LogP contribution in [-0.2, 0) is 25.7 Å². The second kappa shape index (κ2) is 9.44. The zero-order valence-electron chi connectivity index (χ0n) is 20.6. The zero-order chi connectivity index (χ0) is 25.6. The van der Waals surface area contributed by atoms with Gasteiger partial charge in [0.05, 0.1) is 26.3 Å². The van der Waals surface area contributed by atoms with E-state index in [9.17, 15) is 18.8 Å². The first kappa shape index (κ1) is 24.1. The number of hydrogen-bond donors (Lipinski definition) is 1. The maximum absolute atomic E-state index is 14.0. The summed E-state index contributed by atoms with van der Waals surface area (Å²) >= 11 is 0. The monoisotopic (exact) mass is 499 g/mol. The first-order valence-electron chi connectivity index (χ1n) is 12.3. The molecule has 11 heteroatoms. The number of methoxy groups -OCH3 is 1.